The van der Waals surface area contributed by atoms with Crippen molar-refractivity contribution in [3.8, 4) is 5.75 Å². The highest BCUT2D eigenvalue weighted by Gasteiger charge is 2.46. The van der Waals surface area contributed by atoms with Gasteiger partial charge in [-0.15, -0.1) is 0 Å². The van der Waals surface area contributed by atoms with Crippen molar-refractivity contribution < 1.29 is 23.9 Å². The summed E-state index contributed by atoms with van der Waals surface area (Å²) in [4.78, 5) is 25.5. The maximum atomic E-state index is 12.4. The summed E-state index contributed by atoms with van der Waals surface area (Å²) in [7, 11) is 1.41. The molecule has 4 rings (SSSR count). The van der Waals surface area contributed by atoms with Gasteiger partial charge in [0.15, 0.2) is 6.79 Å². The smallest absolute Gasteiger partial charge is 0.323 e. The molecule has 2 heterocycles. The minimum Gasteiger partial charge on any atom is -0.468 e. The molecule has 0 N–H and O–H groups in total. The number of methoxy groups -OCH3 is 1. The molecule has 2 aliphatic heterocycles. The molecule has 0 amide bonds. The van der Waals surface area contributed by atoms with Crippen LogP contribution in [0.4, 0.5) is 5.69 Å². The lowest BCUT2D eigenvalue weighted by molar-refractivity contribution is -0.385. The van der Waals surface area contributed by atoms with Gasteiger partial charge < -0.3 is 14.2 Å². The summed E-state index contributed by atoms with van der Waals surface area (Å²) in [6.45, 7) is 0.853. The van der Waals surface area contributed by atoms with Crippen molar-refractivity contribution in [1.82, 2.24) is 4.90 Å². The Morgan fingerprint density at radius 2 is 2.19 bits per heavy atom. The molecule has 0 aromatic heterocycles. The number of fused-ring (bicyclic) bond motifs is 2. The molecular formula is C19H24N2O6. The van der Waals surface area contributed by atoms with Gasteiger partial charge in [0.1, 0.15) is 11.8 Å². The molecule has 3 aliphatic rings. The molecule has 1 aliphatic carbocycles. The van der Waals surface area contributed by atoms with Crippen LogP contribution in [0.25, 0.3) is 0 Å². The van der Waals surface area contributed by atoms with Gasteiger partial charge in [-0.05, 0) is 25.2 Å². The average molecular weight is 376 g/mol. The van der Waals surface area contributed by atoms with Crippen LogP contribution >= 0.6 is 0 Å². The first kappa shape index (κ1) is 18.2. The second-order valence-corrected chi connectivity index (χ2v) is 7.52. The third-order valence-electron chi connectivity index (χ3n) is 6.03. The van der Waals surface area contributed by atoms with E-state index >= 15 is 0 Å². The molecule has 3 atom stereocenters. The predicted octanol–water partition coefficient (Wildman–Crippen LogP) is 2.77. The number of esters is 1. The fraction of sp³-hybridized carbons (Fsp3) is 0.632. The number of non-ortho nitro benzene ring substituents is 1. The van der Waals surface area contributed by atoms with Gasteiger partial charge in [-0.2, -0.15) is 0 Å². The van der Waals surface area contributed by atoms with E-state index in [0.29, 0.717) is 29.8 Å². The van der Waals surface area contributed by atoms with Crippen LogP contribution in [-0.4, -0.2) is 41.8 Å². The highest BCUT2D eigenvalue weighted by Crippen LogP contribution is 2.42. The molecule has 27 heavy (non-hydrogen) atoms. The maximum Gasteiger partial charge on any atom is 0.323 e. The lowest BCUT2D eigenvalue weighted by atomic mass is 9.84. The van der Waals surface area contributed by atoms with Crippen LogP contribution < -0.4 is 4.74 Å². The van der Waals surface area contributed by atoms with Crippen LogP contribution in [0.5, 0.6) is 5.75 Å². The van der Waals surface area contributed by atoms with Crippen molar-refractivity contribution in [3.05, 3.63) is 33.4 Å². The molecule has 2 fully saturated rings. The standard InChI is InChI=1S/C19H24N2O6/c1-25-19(22)17-8-12-4-2-3-5-16(12)20(17)9-13-6-15(21(23)24)7-14-10-26-11-27-18(13)14/h6-7,12,16-17H,2-5,8-11H2,1H3/t12-,16+,17+/m1/s1. The topological polar surface area (TPSA) is 91.1 Å². The third-order valence-corrected chi connectivity index (χ3v) is 6.03. The number of rotatable bonds is 4. The average Bonchev–Trinajstić information content (AvgIpc) is 3.05. The summed E-state index contributed by atoms with van der Waals surface area (Å²) >= 11 is 0. The van der Waals surface area contributed by atoms with Gasteiger partial charge in [-0.25, -0.2) is 0 Å². The van der Waals surface area contributed by atoms with Crippen molar-refractivity contribution in [2.24, 2.45) is 5.92 Å². The van der Waals surface area contributed by atoms with Gasteiger partial charge in [0.25, 0.3) is 5.69 Å². The molecule has 1 saturated heterocycles. The van der Waals surface area contributed by atoms with Gasteiger partial charge in [0.05, 0.1) is 18.6 Å². The number of carbonyl (C=O) groups is 1. The van der Waals surface area contributed by atoms with Crippen molar-refractivity contribution >= 4 is 11.7 Å². The quantitative estimate of drug-likeness (QED) is 0.453. The SMILES string of the molecule is COC(=O)[C@@H]1C[C@H]2CCCC[C@@H]2N1Cc1cc([N+](=O)[O-])cc2c1OCOC2. The van der Waals surface area contributed by atoms with E-state index in [1.54, 1.807) is 6.07 Å². The molecule has 0 unspecified atom stereocenters. The van der Waals surface area contributed by atoms with Crippen molar-refractivity contribution in [3.63, 3.8) is 0 Å². The second kappa shape index (κ2) is 7.44. The van der Waals surface area contributed by atoms with Crippen LogP contribution in [-0.2, 0) is 27.4 Å². The van der Waals surface area contributed by atoms with E-state index in [9.17, 15) is 14.9 Å². The lowest BCUT2D eigenvalue weighted by Crippen LogP contribution is -2.42. The number of hydrogen-bond acceptors (Lipinski definition) is 7. The van der Waals surface area contributed by atoms with Gasteiger partial charge >= 0.3 is 5.97 Å². The summed E-state index contributed by atoms with van der Waals surface area (Å²) in [5.74, 6) is 0.893. The van der Waals surface area contributed by atoms with Crippen LogP contribution in [0.15, 0.2) is 12.1 Å². The number of ether oxygens (including phenoxy) is 3. The second-order valence-electron chi connectivity index (χ2n) is 7.52. The monoisotopic (exact) mass is 376 g/mol. The molecule has 146 valence electrons. The number of benzene rings is 1. The molecule has 8 nitrogen and oxygen atoms in total. The Labute approximate surface area is 157 Å². The van der Waals surface area contributed by atoms with Crippen molar-refractivity contribution in [1.29, 1.82) is 0 Å². The molecule has 0 radical (unpaired) electrons. The van der Waals surface area contributed by atoms with E-state index in [4.69, 9.17) is 14.2 Å². The zero-order chi connectivity index (χ0) is 19.0. The summed E-state index contributed by atoms with van der Waals surface area (Å²) in [5.41, 5.74) is 1.44. The van der Waals surface area contributed by atoms with Crippen molar-refractivity contribution in [2.45, 2.75) is 57.3 Å². The van der Waals surface area contributed by atoms with Crippen LogP contribution in [0.1, 0.15) is 43.2 Å². The first-order valence-electron chi connectivity index (χ1n) is 9.42. The molecular weight excluding hydrogens is 352 g/mol. The zero-order valence-corrected chi connectivity index (χ0v) is 15.4. The lowest BCUT2D eigenvalue weighted by Gasteiger charge is -2.34. The molecule has 1 aromatic rings. The highest BCUT2D eigenvalue weighted by atomic mass is 16.7. The Balaban J connectivity index is 1.69. The van der Waals surface area contributed by atoms with E-state index in [2.05, 4.69) is 4.90 Å². The van der Waals surface area contributed by atoms with Gasteiger partial charge in [0, 0.05) is 35.8 Å². The molecule has 1 aromatic carbocycles. The van der Waals surface area contributed by atoms with Crippen molar-refractivity contribution in [2.75, 3.05) is 13.9 Å². The van der Waals surface area contributed by atoms with E-state index in [-0.39, 0.29) is 31.1 Å². The summed E-state index contributed by atoms with van der Waals surface area (Å²) in [6.07, 6.45) is 5.28. The Morgan fingerprint density at radius 1 is 1.37 bits per heavy atom. The van der Waals surface area contributed by atoms with Crippen LogP contribution in [0, 0.1) is 16.0 Å². The van der Waals surface area contributed by atoms with E-state index < -0.39 is 4.92 Å². The Bertz CT molecular complexity index is 752. The molecule has 8 heteroatoms. The number of hydrogen-bond donors (Lipinski definition) is 0. The number of likely N-dealkylation sites (tertiary alicyclic amines) is 1. The van der Waals surface area contributed by atoms with E-state index in [1.165, 1.54) is 19.6 Å². The first-order chi connectivity index (χ1) is 13.1. The minimum atomic E-state index is -0.399. The van der Waals surface area contributed by atoms with E-state index in [1.807, 2.05) is 0 Å². The normalized spacial score (nSPS) is 27.4. The molecule has 1 saturated carbocycles. The van der Waals surface area contributed by atoms with Crippen LogP contribution in [0.3, 0.4) is 0 Å². The van der Waals surface area contributed by atoms with Gasteiger partial charge in [-0.1, -0.05) is 12.8 Å². The van der Waals surface area contributed by atoms with Crippen LogP contribution in [0.2, 0.25) is 0 Å². The molecule has 0 spiro atoms. The highest BCUT2D eigenvalue weighted by molar-refractivity contribution is 5.76. The largest absolute Gasteiger partial charge is 0.468 e. The first-order valence-corrected chi connectivity index (χ1v) is 9.42. The Morgan fingerprint density at radius 3 is 2.96 bits per heavy atom. The molecule has 0 bridgehead atoms. The Hall–Kier alpha value is -2.19. The number of nitro benzene ring substituents is 1. The summed E-state index contributed by atoms with van der Waals surface area (Å²) < 4.78 is 16.0. The summed E-state index contributed by atoms with van der Waals surface area (Å²) in [5, 5.41) is 11.4. The number of nitro groups is 1. The minimum absolute atomic E-state index is 0.0202. The summed E-state index contributed by atoms with van der Waals surface area (Å²) in [6, 6.07) is 3.06. The van der Waals surface area contributed by atoms with Gasteiger partial charge in [0.2, 0.25) is 0 Å². The maximum absolute atomic E-state index is 12.4. The van der Waals surface area contributed by atoms with Gasteiger partial charge in [-0.3, -0.25) is 19.8 Å². The number of nitrogens with zero attached hydrogens (tertiary/aromatic N) is 2. The predicted molar refractivity (Wildman–Crippen MR) is 95.1 cm³/mol. The third kappa shape index (κ3) is 3.39. The zero-order valence-electron chi connectivity index (χ0n) is 15.4. The fourth-order valence-corrected chi connectivity index (χ4v) is 4.85. The van der Waals surface area contributed by atoms with E-state index in [0.717, 1.165) is 31.2 Å². The Kier molecular flexibility index (Phi) is 5.01. The fourth-order valence-electron chi connectivity index (χ4n) is 4.85. The number of carbonyl (C=O) groups excluding carboxylic acids is 1.